The number of aryl methyl sites for hydroxylation is 1. The molecule has 0 saturated carbocycles. The number of benzene rings is 1. The van der Waals surface area contributed by atoms with E-state index in [1.807, 2.05) is 6.20 Å². The van der Waals surface area contributed by atoms with Crippen LogP contribution in [0.3, 0.4) is 0 Å². The SMILES string of the molecule is Cc1ccc(C2=CNNC(N3CCN(CC(N)=O)CC3)=N2)cc1.[HH]. The number of carbonyl (C=O) groups excluding carboxylic acids is 1. The Hall–Kier alpha value is -2.54. The fraction of sp³-hybridized carbons (Fsp3) is 0.375. The summed E-state index contributed by atoms with van der Waals surface area (Å²) in [5.74, 6) is 0.527. The van der Waals surface area contributed by atoms with Gasteiger partial charge < -0.3 is 16.1 Å². The molecule has 0 aromatic heterocycles. The number of nitrogens with two attached hydrogens (primary N) is 1. The number of piperazine rings is 1. The molecule has 1 amide bonds. The van der Waals surface area contributed by atoms with Crippen LogP contribution in [0.25, 0.3) is 5.70 Å². The number of hydrazine groups is 1. The molecule has 3 rings (SSSR count). The first kappa shape index (κ1) is 15.4. The van der Waals surface area contributed by atoms with Crippen LogP contribution in [0, 0.1) is 6.92 Å². The Morgan fingerprint density at radius 3 is 2.61 bits per heavy atom. The largest absolute Gasteiger partial charge is 0.369 e. The first-order valence-electron chi connectivity index (χ1n) is 7.75. The number of hydrogen-bond acceptors (Lipinski definition) is 6. The van der Waals surface area contributed by atoms with E-state index in [-0.39, 0.29) is 7.33 Å². The van der Waals surface area contributed by atoms with Crippen LogP contribution in [-0.2, 0) is 4.79 Å². The molecule has 0 radical (unpaired) electrons. The molecule has 1 aromatic rings. The molecular formula is C16H24N6O. The summed E-state index contributed by atoms with van der Waals surface area (Å²) in [7, 11) is 0. The summed E-state index contributed by atoms with van der Waals surface area (Å²) in [6.07, 6.45) is 1.86. The van der Waals surface area contributed by atoms with Gasteiger partial charge in [0.15, 0.2) is 0 Å². The van der Waals surface area contributed by atoms with Crippen LogP contribution in [0.5, 0.6) is 0 Å². The molecule has 4 N–H and O–H groups in total. The highest BCUT2D eigenvalue weighted by atomic mass is 16.1. The Morgan fingerprint density at radius 1 is 1.26 bits per heavy atom. The number of nitrogens with one attached hydrogen (secondary N) is 2. The summed E-state index contributed by atoms with van der Waals surface area (Å²) in [5, 5.41) is 0. The topological polar surface area (TPSA) is 86.0 Å². The second kappa shape index (κ2) is 6.70. The van der Waals surface area contributed by atoms with Gasteiger partial charge in [0, 0.05) is 39.4 Å². The van der Waals surface area contributed by atoms with Crippen LogP contribution in [0.15, 0.2) is 35.5 Å². The summed E-state index contributed by atoms with van der Waals surface area (Å²) in [5.41, 5.74) is 14.6. The number of guanidine groups is 1. The minimum absolute atomic E-state index is 0. The second-order valence-corrected chi connectivity index (χ2v) is 5.83. The third kappa shape index (κ3) is 3.81. The second-order valence-electron chi connectivity index (χ2n) is 5.83. The molecule has 0 aliphatic carbocycles. The zero-order valence-electron chi connectivity index (χ0n) is 13.2. The van der Waals surface area contributed by atoms with Gasteiger partial charge in [0.2, 0.25) is 11.9 Å². The monoisotopic (exact) mass is 316 g/mol. The van der Waals surface area contributed by atoms with Crippen LogP contribution in [0.2, 0.25) is 0 Å². The smallest absolute Gasteiger partial charge is 0.231 e. The lowest BCUT2D eigenvalue weighted by Crippen LogP contribution is -2.56. The minimum atomic E-state index is -0.280. The van der Waals surface area contributed by atoms with E-state index in [1.54, 1.807) is 0 Å². The molecule has 7 heteroatoms. The predicted molar refractivity (Wildman–Crippen MR) is 92.2 cm³/mol. The fourth-order valence-electron chi connectivity index (χ4n) is 2.70. The number of hydrogen-bond donors (Lipinski definition) is 3. The number of carbonyl (C=O) groups is 1. The van der Waals surface area contributed by atoms with E-state index >= 15 is 0 Å². The van der Waals surface area contributed by atoms with Gasteiger partial charge in [0.1, 0.15) is 0 Å². The summed E-state index contributed by atoms with van der Waals surface area (Å²) >= 11 is 0. The molecule has 23 heavy (non-hydrogen) atoms. The molecule has 7 nitrogen and oxygen atoms in total. The van der Waals surface area contributed by atoms with E-state index in [0.29, 0.717) is 6.54 Å². The lowest BCUT2D eigenvalue weighted by molar-refractivity contribution is -0.119. The van der Waals surface area contributed by atoms with E-state index in [1.165, 1.54) is 5.56 Å². The Kier molecular flexibility index (Phi) is 4.47. The van der Waals surface area contributed by atoms with Gasteiger partial charge in [-0.1, -0.05) is 29.8 Å². The van der Waals surface area contributed by atoms with Gasteiger partial charge in [-0.3, -0.25) is 15.1 Å². The number of aliphatic imine (C=N–C) groups is 1. The molecule has 124 valence electrons. The van der Waals surface area contributed by atoms with Crippen molar-refractivity contribution in [3.8, 4) is 0 Å². The lowest BCUT2D eigenvalue weighted by atomic mass is 10.1. The highest BCUT2D eigenvalue weighted by molar-refractivity contribution is 5.88. The van der Waals surface area contributed by atoms with Gasteiger partial charge in [-0.15, -0.1) is 0 Å². The maximum absolute atomic E-state index is 11.0. The van der Waals surface area contributed by atoms with Gasteiger partial charge in [-0.2, -0.15) is 0 Å². The number of amides is 1. The number of nitrogens with zero attached hydrogens (tertiary/aromatic N) is 3. The van der Waals surface area contributed by atoms with Crippen LogP contribution in [-0.4, -0.2) is 54.4 Å². The van der Waals surface area contributed by atoms with Gasteiger partial charge in [0.05, 0.1) is 12.2 Å². The summed E-state index contributed by atoms with van der Waals surface area (Å²) in [4.78, 5) is 19.9. The zero-order valence-corrected chi connectivity index (χ0v) is 13.2. The van der Waals surface area contributed by atoms with Crippen molar-refractivity contribution in [2.45, 2.75) is 6.92 Å². The standard InChI is InChI=1S/C16H22N6O.H2/c1-12-2-4-13(5-3-12)14-10-18-20-16(19-14)22-8-6-21(7-9-22)11-15(17)23;/h2-5,10,18H,6-9,11H2,1H3,(H2,17,23)(H,19,20);1H. The predicted octanol–water partition coefficient (Wildman–Crippen LogP) is 0.106. The van der Waals surface area contributed by atoms with Crippen LogP contribution in [0.1, 0.15) is 12.6 Å². The lowest BCUT2D eigenvalue weighted by Gasteiger charge is -2.36. The molecular weight excluding hydrogens is 292 g/mol. The van der Waals surface area contributed by atoms with Crippen LogP contribution < -0.4 is 16.6 Å². The molecule has 2 aliphatic heterocycles. The third-order valence-electron chi connectivity index (χ3n) is 4.02. The molecule has 1 saturated heterocycles. The van der Waals surface area contributed by atoms with Crippen LogP contribution in [0.4, 0.5) is 0 Å². The Bertz CT molecular complexity index is 634. The number of primary amides is 1. The molecule has 0 spiro atoms. The van der Waals surface area contributed by atoms with Crippen LogP contribution >= 0.6 is 0 Å². The van der Waals surface area contributed by atoms with E-state index in [4.69, 9.17) is 10.7 Å². The Balaban J connectivity index is 0.00000208. The van der Waals surface area contributed by atoms with E-state index in [0.717, 1.165) is 43.4 Å². The molecule has 2 heterocycles. The molecule has 0 bridgehead atoms. The van der Waals surface area contributed by atoms with Crippen molar-refractivity contribution in [1.29, 1.82) is 0 Å². The van der Waals surface area contributed by atoms with Gasteiger partial charge in [-0.05, 0) is 6.92 Å². The van der Waals surface area contributed by atoms with Crippen molar-refractivity contribution >= 4 is 17.6 Å². The van der Waals surface area contributed by atoms with Crippen molar-refractivity contribution < 1.29 is 6.22 Å². The third-order valence-corrected chi connectivity index (χ3v) is 4.02. The summed E-state index contributed by atoms with van der Waals surface area (Å²) < 4.78 is 0. The van der Waals surface area contributed by atoms with Gasteiger partial charge >= 0.3 is 0 Å². The Labute approximate surface area is 137 Å². The normalized spacial score (nSPS) is 18.6. The first-order valence-corrected chi connectivity index (χ1v) is 7.75. The maximum atomic E-state index is 11.0. The van der Waals surface area contributed by atoms with Crippen molar-refractivity contribution in [2.75, 3.05) is 32.7 Å². The zero-order chi connectivity index (χ0) is 16.2. The average Bonchev–Trinajstić information content (AvgIpc) is 2.56. The molecule has 1 aromatic carbocycles. The summed E-state index contributed by atoms with van der Waals surface area (Å²) in [6, 6.07) is 8.30. The highest BCUT2D eigenvalue weighted by Gasteiger charge is 2.22. The first-order chi connectivity index (χ1) is 11.1. The van der Waals surface area contributed by atoms with Crippen molar-refractivity contribution in [3.63, 3.8) is 0 Å². The highest BCUT2D eigenvalue weighted by Crippen LogP contribution is 2.18. The maximum Gasteiger partial charge on any atom is 0.231 e. The van der Waals surface area contributed by atoms with E-state index in [9.17, 15) is 4.79 Å². The van der Waals surface area contributed by atoms with Crippen molar-refractivity contribution in [3.05, 3.63) is 41.6 Å². The quantitative estimate of drug-likeness (QED) is 0.737. The van der Waals surface area contributed by atoms with Crippen molar-refractivity contribution in [2.24, 2.45) is 10.7 Å². The van der Waals surface area contributed by atoms with E-state index in [2.05, 4.69) is 51.8 Å². The fourth-order valence-corrected chi connectivity index (χ4v) is 2.70. The molecule has 0 atom stereocenters. The average molecular weight is 316 g/mol. The van der Waals surface area contributed by atoms with Crippen molar-refractivity contribution in [1.82, 2.24) is 20.7 Å². The molecule has 1 fully saturated rings. The van der Waals surface area contributed by atoms with Gasteiger partial charge in [0.25, 0.3) is 0 Å². The summed E-state index contributed by atoms with van der Waals surface area (Å²) in [6.45, 7) is 5.60. The minimum Gasteiger partial charge on any atom is -0.369 e. The molecule has 2 aliphatic rings. The Morgan fingerprint density at radius 2 is 1.96 bits per heavy atom. The number of rotatable bonds is 3. The van der Waals surface area contributed by atoms with Gasteiger partial charge in [-0.25, -0.2) is 4.99 Å². The van der Waals surface area contributed by atoms with E-state index < -0.39 is 0 Å². The molecule has 0 unspecified atom stereocenters.